The number of rotatable bonds is 5. The molecule has 0 atom stereocenters. The van der Waals surface area contributed by atoms with E-state index in [1.54, 1.807) is 6.20 Å². The van der Waals surface area contributed by atoms with Gasteiger partial charge in [-0.1, -0.05) is 13.8 Å². The highest BCUT2D eigenvalue weighted by molar-refractivity contribution is 7.14. The lowest BCUT2D eigenvalue weighted by Crippen LogP contribution is -2.44. The second-order valence-corrected chi connectivity index (χ2v) is 10.6. The third kappa shape index (κ3) is 4.50. The fourth-order valence-corrected chi connectivity index (χ4v) is 5.66. The Morgan fingerprint density at radius 3 is 2.80 bits per heavy atom. The first-order valence-corrected chi connectivity index (χ1v) is 12.5. The summed E-state index contributed by atoms with van der Waals surface area (Å²) < 4.78 is 0. The van der Waals surface area contributed by atoms with Crippen LogP contribution in [-0.4, -0.2) is 68.0 Å². The van der Waals surface area contributed by atoms with Gasteiger partial charge in [0.1, 0.15) is 0 Å². The van der Waals surface area contributed by atoms with Crippen LogP contribution in [0.3, 0.4) is 0 Å². The molecule has 0 unspecified atom stereocenters. The van der Waals surface area contributed by atoms with Crippen molar-refractivity contribution in [2.45, 2.75) is 51.0 Å². The van der Waals surface area contributed by atoms with Crippen molar-refractivity contribution in [3.63, 3.8) is 0 Å². The van der Waals surface area contributed by atoms with Gasteiger partial charge in [0.05, 0.1) is 23.5 Å². The summed E-state index contributed by atoms with van der Waals surface area (Å²) in [4.78, 5) is 40.7. The number of hydrogen-bond donors (Lipinski definition) is 4. The Bertz CT molecular complexity index is 1270. The third-order valence-electron chi connectivity index (χ3n) is 6.77. The normalized spacial score (nSPS) is 17.1. The van der Waals surface area contributed by atoms with E-state index < -0.39 is 0 Å². The van der Waals surface area contributed by atoms with Crippen molar-refractivity contribution < 1.29 is 9.59 Å². The Morgan fingerprint density at radius 2 is 2.06 bits per heavy atom. The number of carbonyl (C=O) groups is 2. The number of hydrogen-bond acceptors (Lipinski definition) is 9. The van der Waals surface area contributed by atoms with E-state index in [4.69, 9.17) is 5.73 Å². The molecule has 1 fully saturated rings. The zero-order chi connectivity index (χ0) is 24.7. The van der Waals surface area contributed by atoms with E-state index in [1.807, 2.05) is 17.3 Å². The van der Waals surface area contributed by atoms with Gasteiger partial charge in [0, 0.05) is 36.3 Å². The standard InChI is InChI=1S/C23H29N9O2S/c1-23(2)9-12-10-26-21(24)28-17(12)18-16(23)19(31-30-18)20(34)29-22-27-14(11-35-22)8-15(33)32-6-4-13(25-3)5-7-32/h10-11,13,25H,4-9H2,1-3H3,(H,30,31)(H2,24,26,28)(H,27,29,34). The monoisotopic (exact) mass is 495 g/mol. The molecule has 5 rings (SSSR count). The van der Waals surface area contributed by atoms with Gasteiger partial charge >= 0.3 is 0 Å². The lowest BCUT2D eigenvalue weighted by molar-refractivity contribution is -0.131. The molecule has 0 spiro atoms. The maximum absolute atomic E-state index is 13.2. The molecular weight excluding hydrogens is 466 g/mol. The molecular formula is C23H29N9O2S. The van der Waals surface area contributed by atoms with Crippen molar-refractivity contribution in [1.82, 2.24) is 35.4 Å². The SMILES string of the molecule is CNC1CCN(C(=O)Cc2csc(NC(=O)c3n[nH]c4c3C(C)(C)Cc3cnc(N)nc3-4)n2)CC1. The molecule has 12 heteroatoms. The summed E-state index contributed by atoms with van der Waals surface area (Å²) in [7, 11) is 1.95. The maximum Gasteiger partial charge on any atom is 0.278 e. The second-order valence-electron chi connectivity index (χ2n) is 9.70. The van der Waals surface area contributed by atoms with Crippen molar-refractivity contribution in [1.29, 1.82) is 0 Å². The van der Waals surface area contributed by atoms with Crippen molar-refractivity contribution in [3.8, 4) is 11.4 Å². The van der Waals surface area contributed by atoms with Gasteiger partial charge in [-0.2, -0.15) is 5.10 Å². The Labute approximate surface area is 206 Å². The molecule has 0 radical (unpaired) electrons. The molecule has 11 nitrogen and oxygen atoms in total. The Balaban J connectivity index is 1.29. The third-order valence-corrected chi connectivity index (χ3v) is 7.58. The van der Waals surface area contributed by atoms with Gasteiger partial charge in [-0.05, 0) is 37.3 Å². The lowest BCUT2D eigenvalue weighted by atomic mass is 9.73. The predicted molar refractivity (Wildman–Crippen MR) is 133 cm³/mol. The van der Waals surface area contributed by atoms with E-state index >= 15 is 0 Å². The molecule has 1 aliphatic heterocycles. The van der Waals surface area contributed by atoms with Crippen molar-refractivity contribution >= 4 is 34.2 Å². The lowest BCUT2D eigenvalue weighted by Gasteiger charge is -2.31. The Hall–Kier alpha value is -3.38. The van der Waals surface area contributed by atoms with Crippen molar-refractivity contribution in [2.75, 3.05) is 31.2 Å². The summed E-state index contributed by atoms with van der Waals surface area (Å²) in [5.74, 6) is -0.125. The van der Waals surface area contributed by atoms with Crippen LogP contribution >= 0.6 is 11.3 Å². The number of H-pyrrole nitrogens is 1. The molecule has 2 amide bonds. The van der Waals surface area contributed by atoms with Gasteiger partial charge in [0.15, 0.2) is 10.8 Å². The number of likely N-dealkylation sites (tertiary alicyclic amines) is 1. The molecule has 1 aliphatic carbocycles. The van der Waals surface area contributed by atoms with E-state index in [1.165, 1.54) is 11.3 Å². The average molecular weight is 496 g/mol. The van der Waals surface area contributed by atoms with Crippen LogP contribution in [-0.2, 0) is 23.1 Å². The number of aromatic nitrogens is 5. The highest BCUT2D eigenvalue weighted by atomic mass is 32.1. The maximum atomic E-state index is 13.2. The fourth-order valence-electron chi connectivity index (χ4n) is 4.95. The highest BCUT2D eigenvalue weighted by Gasteiger charge is 2.38. The molecule has 5 N–H and O–H groups in total. The van der Waals surface area contributed by atoms with Gasteiger partial charge in [-0.25, -0.2) is 15.0 Å². The number of amides is 2. The number of nitrogens with one attached hydrogen (secondary N) is 3. The van der Waals surface area contributed by atoms with Crippen LogP contribution in [0.25, 0.3) is 11.4 Å². The molecule has 0 bridgehead atoms. The summed E-state index contributed by atoms with van der Waals surface area (Å²) in [6.07, 6.45) is 4.51. The molecule has 1 saturated heterocycles. The Kier molecular flexibility index (Phi) is 6.01. The largest absolute Gasteiger partial charge is 0.368 e. The van der Waals surface area contributed by atoms with E-state index in [2.05, 4.69) is 49.6 Å². The smallest absolute Gasteiger partial charge is 0.278 e. The zero-order valence-electron chi connectivity index (χ0n) is 20.0. The molecule has 2 aliphatic rings. The van der Waals surface area contributed by atoms with E-state index in [9.17, 15) is 9.59 Å². The molecule has 0 saturated carbocycles. The second kappa shape index (κ2) is 9.00. The van der Waals surface area contributed by atoms with Crippen LogP contribution in [0.1, 0.15) is 54.0 Å². The topological polar surface area (TPSA) is 155 Å². The fraction of sp³-hybridized carbons (Fsp3) is 0.478. The molecule has 0 aromatic carbocycles. The minimum absolute atomic E-state index is 0.0609. The molecule has 35 heavy (non-hydrogen) atoms. The van der Waals surface area contributed by atoms with Gasteiger partial charge in [-0.3, -0.25) is 20.0 Å². The highest BCUT2D eigenvalue weighted by Crippen LogP contribution is 2.42. The Morgan fingerprint density at radius 1 is 1.29 bits per heavy atom. The summed E-state index contributed by atoms with van der Waals surface area (Å²) >= 11 is 1.30. The van der Waals surface area contributed by atoms with Crippen LogP contribution in [0.5, 0.6) is 0 Å². The number of fused-ring (bicyclic) bond motifs is 3. The number of nitrogens with zero attached hydrogens (tertiary/aromatic N) is 5. The zero-order valence-corrected chi connectivity index (χ0v) is 20.8. The average Bonchev–Trinajstić information content (AvgIpc) is 3.47. The minimum Gasteiger partial charge on any atom is -0.368 e. The van der Waals surface area contributed by atoms with Crippen molar-refractivity contribution in [3.05, 3.63) is 34.1 Å². The summed E-state index contributed by atoms with van der Waals surface area (Å²) in [6, 6.07) is 0.469. The minimum atomic E-state index is -0.359. The van der Waals surface area contributed by atoms with Crippen molar-refractivity contribution in [2.24, 2.45) is 0 Å². The van der Waals surface area contributed by atoms with E-state index in [0.29, 0.717) is 40.4 Å². The number of piperidine rings is 1. The summed E-state index contributed by atoms with van der Waals surface area (Å²) in [5.41, 5.74) is 9.49. The first kappa shape index (κ1) is 23.4. The first-order chi connectivity index (χ1) is 16.7. The van der Waals surface area contributed by atoms with Gasteiger partial charge < -0.3 is 16.0 Å². The van der Waals surface area contributed by atoms with Crippen LogP contribution in [0.4, 0.5) is 11.1 Å². The van der Waals surface area contributed by atoms with Gasteiger partial charge in [0.2, 0.25) is 11.9 Å². The summed E-state index contributed by atoms with van der Waals surface area (Å²) in [5, 5.41) is 15.7. The van der Waals surface area contributed by atoms with Gasteiger partial charge in [0.25, 0.3) is 5.91 Å². The van der Waals surface area contributed by atoms with Gasteiger partial charge in [-0.15, -0.1) is 11.3 Å². The van der Waals surface area contributed by atoms with Crippen LogP contribution < -0.4 is 16.4 Å². The van der Waals surface area contributed by atoms with Crippen LogP contribution in [0.2, 0.25) is 0 Å². The number of nitrogens with two attached hydrogens (primary N) is 1. The predicted octanol–water partition coefficient (Wildman–Crippen LogP) is 1.74. The van der Waals surface area contributed by atoms with E-state index in [-0.39, 0.29) is 29.6 Å². The molecule has 4 heterocycles. The van der Waals surface area contributed by atoms with Crippen LogP contribution in [0, 0.1) is 0 Å². The molecule has 3 aromatic heterocycles. The quantitative estimate of drug-likeness (QED) is 0.417. The van der Waals surface area contributed by atoms with Crippen LogP contribution in [0.15, 0.2) is 11.6 Å². The number of aromatic amines is 1. The van der Waals surface area contributed by atoms with E-state index in [0.717, 1.165) is 37.1 Å². The number of thiazole rings is 1. The summed E-state index contributed by atoms with van der Waals surface area (Å²) in [6.45, 7) is 5.61. The molecule has 3 aromatic rings. The molecule has 184 valence electrons. The first-order valence-electron chi connectivity index (χ1n) is 11.7. The number of carbonyl (C=O) groups excluding carboxylic acids is 2. The number of nitrogen functional groups attached to an aromatic ring is 1. The number of anilines is 2.